The summed E-state index contributed by atoms with van der Waals surface area (Å²) in [6, 6.07) is 10.3. The van der Waals surface area contributed by atoms with Crippen LogP contribution in [0.3, 0.4) is 0 Å². The van der Waals surface area contributed by atoms with E-state index < -0.39 is 36.1 Å². The molecule has 1 N–H and O–H groups in total. The molecule has 3 atom stereocenters. The van der Waals surface area contributed by atoms with Crippen LogP contribution in [0.4, 0.5) is 28.9 Å². The average Bonchev–Trinajstić information content (AvgIpc) is 3.12. The van der Waals surface area contributed by atoms with Crippen LogP contribution < -0.4 is 29.9 Å². The van der Waals surface area contributed by atoms with Gasteiger partial charge < -0.3 is 29.3 Å². The molecule has 0 aliphatic carbocycles. The van der Waals surface area contributed by atoms with Crippen molar-refractivity contribution in [1.82, 2.24) is 5.43 Å². The number of rotatable bonds is 8. The molecule has 2 fully saturated rings. The third-order valence-corrected chi connectivity index (χ3v) is 7.63. The van der Waals surface area contributed by atoms with Crippen LogP contribution in [-0.4, -0.2) is 49.0 Å². The summed E-state index contributed by atoms with van der Waals surface area (Å²) in [5, 5.41) is 12.6. The highest BCUT2D eigenvalue weighted by atomic mass is 19.4. The molecule has 2 aliphatic heterocycles. The summed E-state index contributed by atoms with van der Waals surface area (Å²) in [5.41, 5.74) is 1.08. The third-order valence-electron chi connectivity index (χ3n) is 7.63. The number of aliphatic carboxylic acids is 1. The number of carboxylic acids is 1. The molecule has 0 spiro atoms. The van der Waals surface area contributed by atoms with Gasteiger partial charge in [-0.3, -0.25) is 0 Å². The zero-order valence-electron chi connectivity index (χ0n) is 22.4. The first-order valence-corrected chi connectivity index (χ1v) is 13.1. The Morgan fingerprint density at radius 3 is 2.31 bits per heavy atom. The van der Waals surface area contributed by atoms with E-state index in [2.05, 4.69) is 5.43 Å². The lowest BCUT2D eigenvalue weighted by Crippen LogP contribution is -2.56. The van der Waals surface area contributed by atoms with Gasteiger partial charge in [0.15, 0.2) is 0 Å². The maximum Gasteiger partial charge on any atom is 0.408 e. The second kappa shape index (κ2) is 11.1. The van der Waals surface area contributed by atoms with E-state index in [1.807, 2.05) is 18.7 Å². The molecule has 0 saturated carbocycles. The van der Waals surface area contributed by atoms with Gasteiger partial charge in [0.25, 0.3) is 0 Å². The maximum atomic E-state index is 14.5. The minimum Gasteiger partial charge on any atom is -0.550 e. The zero-order valence-corrected chi connectivity index (χ0v) is 22.4. The monoisotopic (exact) mass is 552 g/mol. The van der Waals surface area contributed by atoms with Gasteiger partial charge in [-0.15, -0.1) is 0 Å². The summed E-state index contributed by atoms with van der Waals surface area (Å²) in [4.78, 5) is 13.3. The van der Waals surface area contributed by atoms with E-state index in [0.29, 0.717) is 48.8 Å². The number of anilines is 2. The van der Waals surface area contributed by atoms with Gasteiger partial charge in [-0.1, -0.05) is 6.92 Å². The molecule has 4 rings (SSSR count). The fourth-order valence-electron chi connectivity index (χ4n) is 5.23. The molecular formula is C28H34F4N3O4-. The normalized spacial score (nSPS) is 24.3. The van der Waals surface area contributed by atoms with E-state index in [4.69, 9.17) is 9.47 Å². The second-order valence-electron chi connectivity index (χ2n) is 10.7. The predicted octanol–water partition coefficient (Wildman–Crippen LogP) is 4.45. The smallest absolute Gasteiger partial charge is 0.408 e. The highest BCUT2D eigenvalue weighted by molar-refractivity contribution is 5.67. The molecule has 1 unspecified atom stereocenters. The van der Waals surface area contributed by atoms with Gasteiger partial charge >= 0.3 is 6.18 Å². The molecule has 2 saturated heterocycles. The number of nitrogens with one attached hydrogen (secondary N) is 1. The van der Waals surface area contributed by atoms with Gasteiger partial charge in [-0.25, -0.2) is 9.82 Å². The summed E-state index contributed by atoms with van der Waals surface area (Å²) in [6.45, 7) is 7.40. The van der Waals surface area contributed by atoms with Crippen molar-refractivity contribution in [3.63, 3.8) is 0 Å². The second-order valence-corrected chi connectivity index (χ2v) is 10.7. The standard InChI is InChI=1S/C28H35F4N3O4/c1-17(2)38-22-9-10-23(29)25(15-22)34-13-11-21(12-14-34)39-20-7-5-19(6-8-20)35-24(16-26(36)37)18(3)27(4,33-35)28(30,31)32/h5-10,15,17-18,21,24,33H,11-14,16H2,1-4H3,(H,36,37)/p-1/t18-,24-,27?/m0/s1. The summed E-state index contributed by atoms with van der Waals surface area (Å²) in [7, 11) is 0. The van der Waals surface area contributed by atoms with Crippen molar-refractivity contribution < 1.29 is 36.9 Å². The minimum atomic E-state index is -4.59. The van der Waals surface area contributed by atoms with Gasteiger partial charge in [0.05, 0.1) is 23.5 Å². The number of hydrazine groups is 1. The number of hydrogen-bond acceptors (Lipinski definition) is 7. The van der Waals surface area contributed by atoms with Crippen molar-refractivity contribution in [3.8, 4) is 11.5 Å². The summed E-state index contributed by atoms with van der Waals surface area (Å²) < 4.78 is 67.8. The SMILES string of the molecule is CC(C)Oc1ccc(F)c(N2CCC(Oc3ccc(N4NC(C)(C(F)(F)F)[C@@H](C)[C@@H]4CC(=O)[O-])cc3)CC2)c1. The number of halogens is 4. The number of carbonyl (C=O) groups excluding carboxylic acids is 1. The lowest BCUT2D eigenvalue weighted by atomic mass is 9.82. The Balaban J connectivity index is 1.40. The molecule has 214 valence electrons. The van der Waals surface area contributed by atoms with Gasteiger partial charge in [-0.05, 0) is 57.2 Å². The molecular weight excluding hydrogens is 518 g/mol. The van der Waals surface area contributed by atoms with Gasteiger partial charge in [0.1, 0.15) is 29.0 Å². The number of nitrogens with zero attached hydrogens (tertiary/aromatic N) is 2. The van der Waals surface area contributed by atoms with E-state index in [9.17, 15) is 27.5 Å². The predicted molar refractivity (Wildman–Crippen MR) is 137 cm³/mol. The number of carboxylic acid groups (broad SMARTS) is 1. The van der Waals surface area contributed by atoms with E-state index in [1.54, 1.807) is 36.4 Å². The Morgan fingerprint density at radius 1 is 1.13 bits per heavy atom. The number of carbonyl (C=O) groups is 1. The molecule has 11 heteroatoms. The Hall–Kier alpha value is -3.21. The fraction of sp³-hybridized carbons (Fsp3) is 0.536. The first kappa shape index (κ1) is 28.8. The molecule has 2 aromatic carbocycles. The van der Waals surface area contributed by atoms with Crippen molar-refractivity contribution in [1.29, 1.82) is 0 Å². The van der Waals surface area contributed by atoms with Gasteiger partial charge in [0.2, 0.25) is 0 Å². The zero-order chi connectivity index (χ0) is 28.5. The number of alkyl halides is 3. The van der Waals surface area contributed by atoms with Crippen LogP contribution in [0.1, 0.15) is 47.0 Å². The van der Waals surface area contributed by atoms with Crippen LogP contribution in [0.2, 0.25) is 0 Å². The van der Waals surface area contributed by atoms with Crippen LogP contribution in [-0.2, 0) is 4.79 Å². The van der Waals surface area contributed by atoms with E-state index in [0.717, 1.165) is 6.92 Å². The van der Waals surface area contributed by atoms with E-state index in [1.165, 1.54) is 18.0 Å². The summed E-state index contributed by atoms with van der Waals surface area (Å²) in [5.74, 6) is -1.63. The molecule has 0 amide bonds. The molecule has 39 heavy (non-hydrogen) atoms. The Morgan fingerprint density at radius 2 is 1.74 bits per heavy atom. The van der Waals surface area contributed by atoms with E-state index >= 15 is 0 Å². The van der Waals surface area contributed by atoms with Crippen molar-refractivity contribution in [2.45, 2.75) is 76.9 Å². The largest absolute Gasteiger partial charge is 0.550 e. The molecule has 7 nitrogen and oxygen atoms in total. The lowest BCUT2D eigenvalue weighted by molar-refractivity contribution is -0.306. The number of piperidine rings is 1. The van der Waals surface area contributed by atoms with Crippen LogP contribution in [0.5, 0.6) is 11.5 Å². The molecule has 2 aliphatic rings. The van der Waals surface area contributed by atoms with Crippen LogP contribution in [0.25, 0.3) is 0 Å². The highest BCUT2D eigenvalue weighted by Gasteiger charge is 2.62. The first-order valence-electron chi connectivity index (χ1n) is 13.1. The molecule has 2 aromatic rings. The first-order chi connectivity index (χ1) is 18.3. The Bertz CT molecular complexity index is 1150. The number of benzene rings is 2. The molecule has 0 aromatic heterocycles. The van der Waals surface area contributed by atoms with Crippen molar-refractivity contribution in [2.24, 2.45) is 5.92 Å². The van der Waals surface area contributed by atoms with Crippen molar-refractivity contribution >= 4 is 17.3 Å². The summed E-state index contributed by atoms with van der Waals surface area (Å²) in [6.07, 6.45) is -3.97. The number of hydrogen-bond donors (Lipinski definition) is 1. The van der Waals surface area contributed by atoms with Crippen LogP contribution in [0, 0.1) is 11.7 Å². The fourth-order valence-corrected chi connectivity index (χ4v) is 5.23. The highest BCUT2D eigenvalue weighted by Crippen LogP contribution is 2.45. The van der Waals surface area contributed by atoms with Crippen molar-refractivity contribution in [2.75, 3.05) is 23.0 Å². The molecule has 2 heterocycles. The summed E-state index contributed by atoms with van der Waals surface area (Å²) >= 11 is 0. The van der Waals surface area contributed by atoms with Gasteiger partial charge in [0, 0.05) is 50.3 Å². The Kier molecular flexibility index (Phi) is 8.20. The minimum absolute atomic E-state index is 0.0206. The van der Waals surface area contributed by atoms with Gasteiger partial charge in [-0.2, -0.15) is 13.2 Å². The lowest BCUT2D eigenvalue weighted by Gasteiger charge is -2.34. The van der Waals surface area contributed by atoms with Crippen LogP contribution >= 0.6 is 0 Å². The third kappa shape index (κ3) is 6.18. The Labute approximate surface area is 225 Å². The topological polar surface area (TPSA) is 77.1 Å². The maximum absolute atomic E-state index is 14.5. The van der Waals surface area contributed by atoms with E-state index in [-0.39, 0.29) is 18.0 Å². The number of ether oxygens (including phenoxy) is 2. The molecule has 0 bridgehead atoms. The molecule has 0 radical (unpaired) electrons. The van der Waals surface area contributed by atoms with Crippen molar-refractivity contribution in [3.05, 3.63) is 48.3 Å². The quantitative estimate of drug-likeness (QED) is 0.485. The average molecular weight is 553 g/mol. The van der Waals surface area contributed by atoms with Crippen LogP contribution in [0.15, 0.2) is 42.5 Å².